The summed E-state index contributed by atoms with van der Waals surface area (Å²) >= 11 is 1.50. The second kappa shape index (κ2) is 9.21. The summed E-state index contributed by atoms with van der Waals surface area (Å²) in [5.74, 6) is 1.62. The highest BCUT2D eigenvalue weighted by Crippen LogP contribution is 2.48. The van der Waals surface area contributed by atoms with Crippen LogP contribution in [0.3, 0.4) is 0 Å². The molecule has 1 fully saturated rings. The summed E-state index contributed by atoms with van der Waals surface area (Å²) < 4.78 is 5.81. The number of aromatic nitrogens is 4. The molecule has 1 saturated heterocycles. The van der Waals surface area contributed by atoms with Gasteiger partial charge in [-0.1, -0.05) is 5.16 Å². The van der Waals surface area contributed by atoms with Gasteiger partial charge in [0.2, 0.25) is 17.7 Å². The average molecular weight is 493 g/mol. The molecule has 9 nitrogen and oxygen atoms in total. The maximum Gasteiger partial charge on any atom is 0.237 e. The van der Waals surface area contributed by atoms with Gasteiger partial charge in [0, 0.05) is 48.4 Å². The quantitative estimate of drug-likeness (QED) is 0.576. The second-order valence-corrected chi connectivity index (χ2v) is 11.2. The molecule has 35 heavy (non-hydrogen) atoms. The van der Waals surface area contributed by atoms with Crippen LogP contribution in [0.25, 0.3) is 11.5 Å². The Hall–Kier alpha value is -3.03. The molecule has 4 heterocycles. The number of nitriles is 1. The minimum Gasteiger partial charge on any atom is -0.389 e. The van der Waals surface area contributed by atoms with Crippen molar-refractivity contribution in [3.63, 3.8) is 0 Å². The molecule has 0 unspecified atom stereocenters. The van der Waals surface area contributed by atoms with Crippen molar-refractivity contribution >= 4 is 22.3 Å². The third-order valence-electron chi connectivity index (χ3n) is 7.38. The first-order chi connectivity index (χ1) is 16.8. The molecule has 3 aromatic heterocycles. The van der Waals surface area contributed by atoms with Crippen LogP contribution in [-0.4, -0.2) is 56.7 Å². The number of hydrogen-bond donors (Lipinski definition) is 1. The van der Waals surface area contributed by atoms with Gasteiger partial charge < -0.3 is 15.2 Å². The number of aryl methyl sites for hydroxylation is 1. The molecule has 3 aromatic rings. The fourth-order valence-corrected chi connectivity index (χ4v) is 6.62. The molecule has 0 aromatic carbocycles. The van der Waals surface area contributed by atoms with E-state index >= 15 is 0 Å². The van der Waals surface area contributed by atoms with Crippen LogP contribution < -0.4 is 10.6 Å². The summed E-state index contributed by atoms with van der Waals surface area (Å²) in [5, 5.41) is 14.6. The Kier molecular flexibility index (Phi) is 6.23. The Bertz CT molecular complexity index is 1260. The van der Waals surface area contributed by atoms with Gasteiger partial charge in [-0.15, -0.1) is 11.3 Å². The second-order valence-electron chi connectivity index (χ2n) is 10.1. The van der Waals surface area contributed by atoms with Gasteiger partial charge in [0.1, 0.15) is 16.8 Å². The first kappa shape index (κ1) is 23.7. The standard InChI is InChI=1S/C25H32N8OS/c1-15(2)32-11-6-12-33(16(3)14-32)24-28-10-8-18(29-24)22-30-23(34-31-22)25(4)9-5-7-19-20(25)17(13-26)21(27)35-19/h8,10,15-16H,5-7,9,11-12,14,27H2,1-4H3/t16-,25-/m0/s1. The summed E-state index contributed by atoms with van der Waals surface area (Å²) in [6.07, 6.45) is 5.54. The van der Waals surface area contributed by atoms with Crippen LogP contribution >= 0.6 is 11.3 Å². The number of fused-ring (bicyclic) bond motifs is 1. The van der Waals surface area contributed by atoms with E-state index in [1.54, 1.807) is 6.20 Å². The maximum atomic E-state index is 9.75. The monoisotopic (exact) mass is 492 g/mol. The van der Waals surface area contributed by atoms with Gasteiger partial charge in [-0.2, -0.15) is 10.2 Å². The number of anilines is 2. The van der Waals surface area contributed by atoms with Crippen molar-refractivity contribution in [1.82, 2.24) is 25.0 Å². The predicted octanol–water partition coefficient (Wildman–Crippen LogP) is 3.99. The lowest BCUT2D eigenvalue weighted by molar-refractivity contribution is 0.224. The fourth-order valence-electron chi connectivity index (χ4n) is 5.43. The summed E-state index contributed by atoms with van der Waals surface area (Å²) in [7, 11) is 0. The van der Waals surface area contributed by atoms with Crippen molar-refractivity contribution < 1.29 is 4.52 Å². The molecule has 0 saturated carbocycles. The van der Waals surface area contributed by atoms with Crippen molar-refractivity contribution in [3.05, 3.63) is 34.2 Å². The topological polar surface area (TPSA) is 121 Å². The normalized spacial score (nSPS) is 23.2. The number of hydrogen-bond acceptors (Lipinski definition) is 10. The van der Waals surface area contributed by atoms with E-state index in [1.165, 1.54) is 11.3 Å². The third-order valence-corrected chi connectivity index (χ3v) is 8.46. The minimum absolute atomic E-state index is 0.295. The van der Waals surface area contributed by atoms with Crippen LogP contribution in [0.5, 0.6) is 0 Å². The van der Waals surface area contributed by atoms with Crippen LogP contribution in [0.15, 0.2) is 16.8 Å². The van der Waals surface area contributed by atoms with E-state index in [0.717, 1.165) is 55.8 Å². The van der Waals surface area contributed by atoms with E-state index in [9.17, 15) is 5.26 Å². The highest BCUT2D eigenvalue weighted by molar-refractivity contribution is 7.16. The molecule has 5 rings (SSSR count). The Morgan fingerprint density at radius 3 is 2.89 bits per heavy atom. The van der Waals surface area contributed by atoms with Crippen LogP contribution in [-0.2, 0) is 11.8 Å². The van der Waals surface area contributed by atoms with E-state index in [1.807, 2.05) is 6.07 Å². The van der Waals surface area contributed by atoms with E-state index in [0.29, 0.717) is 46.0 Å². The zero-order valence-electron chi connectivity index (χ0n) is 20.8. The van der Waals surface area contributed by atoms with Crippen molar-refractivity contribution in [3.8, 4) is 17.6 Å². The Morgan fingerprint density at radius 2 is 2.11 bits per heavy atom. The van der Waals surface area contributed by atoms with Gasteiger partial charge >= 0.3 is 0 Å². The van der Waals surface area contributed by atoms with E-state index in [2.05, 4.69) is 53.7 Å². The molecular formula is C25H32N8OS. The summed E-state index contributed by atoms with van der Waals surface area (Å²) in [5.41, 5.74) is 7.74. The SMILES string of the molecule is CC(C)N1CCCN(c2nccc(-c3noc([C@@]4(C)CCCc5sc(N)c(C#N)c54)n3)n2)[C@@H](C)C1. The Labute approximate surface area is 210 Å². The number of nitrogen functional groups attached to an aromatic ring is 1. The highest BCUT2D eigenvalue weighted by atomic mass is 32.1. The molecular weight excluding hydrogens is 460 g/mol. The van der Waals surface area contributed by atoms with Gasteiger partial charge in [-0.3, -0.25) is 4.90 Å². The lowest BCUT2D eigenvalue weighted by Gasteiger charge is -2.30. The van der Waals surface area contributed by atoms with Gasteiger partial charge in [0.15, 0.2) is 0 Å². The predicted molar refractivity (Wildman–Crippen MR) is 136 cm³/mol. The summed E-state index contributed by atoms with van der Waals surface area (Å²) in [4.78, 5) is 20.1. The van der Waals surface area contributed by atoms with Crippen molar-refractivity contribution in [2.24, 2.45) is 0 Å². The van der Waals surface area contributed by atoms with Crippen LogP contribution in [0.4, 0.5) is 10.9 Å². The zero-order chi connectivity index (χ0) is 24.7. The first-order valence-electron chi connectivity index (χ1n) is 12.3. The number of nitrogens with zero attached hydrogens (tertiary/aromatic N) is 7. The molecule has 10 heteroatoms. The molecule has 184 valence electrons. The number of nitrogens with two attached hydrogens (primary N) is 1. The summed E-state index contributed by atoms with van der Waals surface area (Å²) in [6.45, 7) is 11.7. The minimum atomic E-state index is -0.548. The van der Waals surface area contributed by atoms with Crippen LogP contribution in [0.1, 0.15) is 68.9 Å². The van der Waals surface area contributed by atoms with Gasteiger partial charge in [0.25, 0.3) is 0 Å². The fraction of sp³-hybridized carbons (Fsp3) is 0.560. The smallest absolute Gasteiger partial charge is 0.237 e. The average Bonchev–Trinajstić information content (AvgIpc) is 3.41. The Morgan fingerprint density at radius 1 is 1.29 bits per heavy atom. The molecule has 2 N–H and O–H groups in total. The molecule has 1 aliphatic carbocycles. The third kappa shape index (κ3) is 4.17. The molecule has 2 atom stereocenters. The largest absolute Gasteiger partial charge is 0.389 e. The number of rotatable bonds is 4. The molecule has 0 amide bonds. The van der Waals surface area contributed by atoms with Crippen LogP contribution in [0, 0.1) is 11.3 Å². The Balaban J connectivity index is 1.45. The molecule has 0 spiro atoms. The lowest BCUT2D eigenvalue weighted by atomic mass is 9.72. The van der Waals surface area contributed by atoms with Gasteiger partial charge in [0.05, 0.1) is 11.0 Å². The van der Waals surface area contributed by atoms with E-state index < -0.39 is 5.41 Å². The molecule has 0 radical (unpaired) electrons. The summed E-state index contributed by atoms with van der Waals surface area (Å²) in [6, 6.07) is 4.93. The zero-order valence-corrected chi connectivity index (χ0v) is 21.6. The van der Waals surface area contributed by atoms with Crippen molar-refractivity contribution in [1.29, 1.82) is 5.26 Å². The van der Waals surface area contributed by atoms with E-state index in [4.69, 9.17) is 20.2 Å². The molecule has 2 aliphatic rings. The van der Waals surface area contributed by atoms with Crippen LogP contribution in [0.2, 0.25) is 0 Å². The van der Waals surface area contributed by atoms with Crippen molar-refractivity contribution in [2.75, 3.05) is 30.3 Å². The van der Waals surface area contributed by atoms with Crippen molar-refractivity contribution in [2.45, 2.75) is 70.9 Å². The lowest BCUT2D eigenvalue weighted by Crippen LogP contribution is -2.42. The highest BCUT2D eigenvalue weighted by Gasteiger charge is 2.43. The van der Waals surface area contributed by atoms with E-state index in [-0.39, 0.29) is 0 Å². The maximum absolute atomic E-state index is 9.75. The molecule has 1 aliphatic heterocycles. The first-order valence-corrected chi connectivity index (χ1v) is 13.1. The number of thiophene rings is 1. The van der Waals surface area contributed by atoms with Gasteiger partial charge in [-0.05, 0) is 59.4 Å². The molecule has 0 bridgehead atoms. The van der Waals surface area contributed by atoms with Gasteiger partial charge in [-0.25, -0.2) is 9.97 Å².